The van der Waals surface area contributed by atoms with Crippen molar-refractivity contribution in [3.05, 3.63) is 34.8 Å². The van der Waals surface area contributed by atoms with Gasteiger partial charge in [-0.15, -0.1) is 11.3 Å². The van der Waals surface area contributed by atoms with E-state index in [2.05, 4.69) is 27.4 Å². The highest BCUT2D eigenvalue weighted by Crippen LogP contribution is 2.24. The first-order valence-corrected chi connectivity index (χ1v) is 12.2. The van der Waals surface area contributed by atoms with E-state index >= 15 is 0 Å². The lowest BCUT2D eigenvalue weighted by molar-refractivity contribution is -0.118. The Balaban J connectivity index is 1.63. The molecule has 2 amide bonds. The van der Waals surface area contributed by atoms with Gasteiger partial charge in [0.15, 0.2) is 5.13 Å². The Kier molecular flexibility index (Phi) is 8.68. The summed E-state index contributed by atoms with van der Waals surface area (Å²) < 4.78 is 10.5. The third kappa shape index (κ3) is 6.91. The van der Waals surface area contributed by atoms with Crippen LogP contribution in [0.2, 0.25) is 0 Å². The van der Waals surface area contributed by atoms with E-state index in [0.29, 0.717) is 28.1 Å². The molecule has 1 fully saturated rings. The van der Waals surface area contributed by atoms with Crippen molar-refractivity contribution in [2.24, 2.45) is 11.8 Å². The van der Waals surface area contributed by atoms with E-state index in [0.717, 1.165) is 25.3 Å². The van der Waals surface area contributed by atoms with Gasteiger partial charge >= 0.3 is 0 Å². The lowest BCUT2D eigenvalue weighted by atomic mass is 10.0. The van der Waals surface area contributed by atoms with Crippen molar-refractivity contribution in [1.29, 1.82) is 0 Å². The Hall–Kier alpha value is -2.65. The molecule has 1 aliphatic heterocycles. The summed E-state index contributed by atoms with van der Waals surface area (Å²) in [5.41, 5.74) is 1.31. The van der Waals surface area contributed by atoms with E-state index in [9.17, 15) is 9.59 Å². The third-order valence-corrected chi connectivity index (χ3v) is 6.56. The molecule has 1 saturated heterocycles. The number of nitrogens with zero attached hydrogens (tertiary/aromatic N) is 2. The second-order valence-electron chi connectivity index (χ2n) is 8.91. The first-order valence-electron chi connectivity index (χ1n) is 11.3. The summed E-state index contributed by atoms with van der Waals surface area (Å²) in [6.45, 7) is 9.01. The number of ether oxygens (including phenoxy) is 2. The van der Waals surface area contributed by atoms with Crippen molar-refractivity contribution in [1.82, 2.24) is 15.2 Å². The standard InChI is InChI=1S/C24H34N4O4S/c1-15(2)21(26-22(29)17-9-19(31-4)11-20(10-17)32-5)23(30)27-24-25-18(14-33-24)13-28-8-6-7-16(3)12-28/h9-11,14-16,21H,6-8,12-13H2,1-5H3,(H,26,29)(H,25,27,30)/t16?,21-/m0/s1. The number of carbonyl (C=O) groups excluding carboxylic acids is 2. The van der Waals surface area contributed by atoms with Gasteiger partial charge in [-0.05, 0) is 43.4 Å². The van der Waals surface area contributed by atoms with Gasteiger partial charge < -0.3 is 20.1 Å². The van der Waals surface area contributed by atoms with Crippen LogP contribution in [-0.4, -0.2) is 55.0 Å². The van der Waals surface area contributed by atoms with E-state index < -0.39 is 6.04 Å². The summed E-state index contributed by atoms with van der Waals surface area (Å²) in [5, 5.41) is 8.25. The largest absolute Gasteiger partial charge is 0.497 e. The van der Waals surface area contributed by atoms with Crippen LogP contribution in [0.4, 0.5) is 5.13 Å². The predicted octanol–water partition coefficient (Wildman–Crippen LogP) is 3.79. The molecule has 1 aromatic carbocycles. The molecule has 2 heterocycles. The van der Waals surface area contributed by atoms with Gasteiger partial charge in [-0.2, -0.15) is 0 Å². The molecule has 0 spiro atoms. The van der Waals surface area contributed by atoms with Crippen LogP contribution in [0.5, 0.6) is 11.5 Å². The fraction of sp³-hybridized carbons (Fsp3) is 0.542. The summed E-state index contributed by atoms with van der Waals surface area (Å²) in [6.07, 6.45) is 2.49. The average Bonchev–Trinajstić information content (AvgIpc) is 3.22. The highest BCUT2D eigenvalue weighted by molar-refractivity contribution is 7.13. The second-order valence-corrected chi connectivity index (χ2v) is 9.77. The minimum atomic E-state index is -0.718. The number of hydrogen-bond acceptors (Lipinski definition) is 7. The van der Waals surface area contributed by atoms with Gasteiger partial charge in [0.1, 0.15) is 17.5 Å². The van der Waals surface area contributed by atoms with Crippen molar-refractivity contribution in [3.8, 4) is 11.5 Å². The maximum Gasteiger partial charge on any atom is 0.252 e. The van der Waals surface area contributed by atoms with Crippen LogP contribution in [0.15, 0.2) is 23.6 Å². The van der Waals surface area contributed by atoms with Crippen molar-refractivity contribution < 1.29 is 19.1 Å². The number of likely N-dealkylation sites (tertiary alicyclic amines) is 1. The first kappa shape index (κ1) is 25.0. The van der Waals surface area contributed by atoms with E-state index in [1.54, 1.807) is 18.2 Å². The molecule has 1 unspecified atom stereocenters. The molecule has 33 heavy (non-hydrogen) atoms. The van der Waals surface area contributed by atoms with E-state index in [1.165, 1.54) is 38.4 Å². The Bertz CT molecular complexity index is 939. The molecule has 2 N–H and O–H groups in total. The third-order valence-electron chi connectivity index (χ3n) is 5.76. The maximum atomic E-state index is 13.0. The van der Waals surface area contributed by atoms with Gasteiger partial charge in [0, 0.05) is 30.1 Å². The fourth-order valence-corrected chi connectivity index (χ4v) is 4.68. The molecular formula is C24H34N4O4S. The number of methoxy groups -OCH3 is 2. The van der Waals surface area contributed by atoms with Gasteiger partial charge in [0.25, 0.3) is 5.91 Å². The van der Waals surface area contributed by atoms with Crippen LogP contribution in [0, 0.1) is 11.8 Å². The van der Waals surface area contributed by atoms with Crippen LogP contribution in [0.1, 0.15) is 49.7 Å². The number of carbonyl (C=O) groups is 2. The van der Waals surface area contributed by atoms with Crippen LogP contribution >= 0.6 is 11.3 Å². The SMILES string of the molecule is COc1cc(OC)cc(C(=O)N[C@H](C(=O)Nc2nc(CN3CCCC(C)C3)cs2)C(C)C)c1. The monoisotopic (exact) mass is 474 g/mol. The second kappa shape index (κ2) is 11.5. The summed E-state index contributed by atoms with van der Waals surface area (Å²) in [5.74, 6) is 0.931. The fourth-order valence-electron chi connectivity index (χ4n) is 3.98. The zero-order chi connectivity index (χ0) is 24.0. The van der Waals surface area contributed by atoms with Gasteiger partial charge in [-0.3, -0.25) is 14.5 Å². The smallest absolute Gasteiger partial charge is 0.252 e. The van der Waals surface area contributed by atoms with Crippen LogP contribution < -0.4 is 20.1 Å². The summed E-state index contributed by atoms with van der Waals surface area (Å²) in [7, 11) is 3.05. The number of anilines is 1. The van der Waals surface area contributed by atoms with E-state index in [-0.39, 0.29) is 17.7 Å². The van der Waals surface area contributed by atoms with Crippen molar-refractivity contribution in [2.45, 2.75) is 46.2 Å². The molecule has 2 atom stereocenters. The quantitative estimate of drug-likeness (QED) is 0.575. The molecule has 0 bridgehead atoms. The van der Waals surface area contributed by atoms with E-state index in [4.69, 9.17) is 9.47 Å². The molecule has 2 aromatic rings. The minimum absolute atomic E-state index is 0.115. The molecule has 0 radical (unpaired) electrons. The molecular weight excluding hydrogens is 440 g/mol. The zero-order valence-corrected chi connectivity index (χ0v) is 20.8. The van der Waals surface area contributed by atoms with Crippen LogP contribution in [0.25, 0.3) is 0 Å². The van der Waals surface area contributed by atoms with Crippen LogP contribution in [0.3, 0.4) is 0 Å². The Labute approximate surface area is 199 Å². The number of benzene rings is 1. The van der Waals surface area contributed by atoms with Crippen molar-refractivity contribution >= 4 is 28.3 Å². The summed E-state index contributed by atoms with van der Waals surface area (Å²) in [4.78, 5) is 32.9. The van der Waals surface area contributed by atoms with Crippen molar-refractivity contribution in [2.75, 3.05) is 32.6 Å². The Morgan fingerprint density at radius 3 is 2.52 bits per heavy atom. The lowest BCUT2D eigenvalue weighted by Gasteiger charge is -2.30. The number of amides is 2. The predicted molar refractivity (Wildman–Crippen MR) is 130 cm³/mol. The Morgan fingerprint density at radius 2 is 1.91 bits per heavy atom. The number of rotatable bonds is 9. The Morgan fingerprint density at radius 1 is 1.21 bits per heavy atom. The molecule has 0 saturated carbocycles. The maximum absolute atomic E-state index is 13.0. The van der Waals surface area contributed by atoms with Crippen molar-refractivity contribution in [3.63, 3.8) is 0 Å². The van der Waals surface area contributed by atoms with Gasteiger partial charge in [0.05, 0.1) is 19.9 Å². The molecule has 0 aliphatic carbocycles. The highest BCUT2D eigenvalue weighted by atomic mass is 32.1. The number of hydrogen-bond donors (Lipinski definition) is 2. The number of aromatic nitrogens is 1. The first-order chi connectivity index (χ1) is 15.8. The lowest BCUT2D eigenvalue weighted by Crippen LogP contribution is -2.47. The van der Waals surface area contributed by atoms with Gasteiger partial charge in [-0.25, -0.2) is 4.98 Å². The van der Waals surface area contributed by atoms with E-state index in [1.807, 2.05) is 19.2 Å². The molecule has 3 rings (SSSR count). The number of nitrogens with one attached hydrogen (secondary N) is 2. The molecule has 8 nitrogen and oxygen atoms in total. The molecule has 9 heteroatoms. The summed E-state index contributed by atoms with van der Waals surface area (Å²) >= 11 is 1.41. The molecule has 180 valence electrons. The minimum Gasteiger partial charge on any atom is -0.497 e. The average molecular weight is 475 g/mol. The van der Waals surface area contributed by atoms with Crippen LogP contribution in [-0.2, 0) is 11.3 Å². The van der Waals surface area contributed by atoms with Gasteiger partial charge in [-0.1, -0.05) is 20.8 Å². The normalized spacial score (nSPS) is 17.5. The molecule has 1 aliphatic rings. The highest BCUT2D eigenvalue weighted by Gasteiger charge is 2.26. The number of piperidine rings is 1. The topological polar surface area (TPSA) is 92.8 Å². The van der Waals surface area contributed by atoms with Gasteiger partial charge in [0.2, 0.25) is 5.91 Å². The molecule has 1 aromatic heterocycles. The number of thiazole rings is 1. The zero-order valence-electron chi connectivity index (χ0n) is 20.0. The summed E-state index contributed by atoms with van der Waals surface area (Å²) in [6, 6.07) is 4.20.